The van der Waals surface area contributed by atoms with Crippen molar-refractivity contribution in [3.05, 3.63) is 74.1 Å². The Morgan fingerprint density at radius 1 is 1.00 bits per heavy atom. The number of nitrogens with one attached hydrogen (secondary N) is 1. The molecular formula is C27H30N2O3S2. The normalized spacial score (nSPS) is 15.0. The first kappa shape index (κ1) is 24.4. The molecule has 0 radical (unpaired) electrons. The lowest BCUT2D eigenvalue weighted by Gasteiger charge is -2.33. The van der Waals surface area contributed by atoms with Gasteiger partial charge in [-0.05, 0) is 79.4 Å². The second-order valence-corrected chi connectivity index (χ2v) is 10.8. The average molecular weight is 495 g/mol. The number of anilines is 1. The highest BCUT2D eigenvalue weighted by Crippen LogP contribution is 2.34. The molecule has 4 rings (SSSR count). The van der Waals surface area contributed by atoms with E-state index < -0.39 is 6.04 Å². The highest BCUT2D eigenvalue weighted by Gasteiger charge is 2.35. The van der Waals surface area contributed by atoms with Crippen molar-refractivity contribution in [1.82, 2.24) is 5.32 Å². The molecule has 1 aliphatic carbocycles. The first-order valence-electron chi connectivity index (χ1n) is 11.7. The van der Waals surface area contributed by atoms with Crippen molar-refractivity contribution >= 4 is 46.0 Å². The van der Waals surface area contributed by atoms with E-state index in [0.717, 1.165) is 41.0 Å². The molecule has 1 aromatic carbocycles. The summed E-state index contributed by atoms with van der Waals surface area (Å²) in [6.07, 6.45) is 5.58. The lowest BCUT2D eigenvalue weighted by molar-refractivity contribution is -0.127. The lowest BCUT2D eigenvalue weighted by Crippen LogP contribution is -2.47. The van der Waals surface area contributed by atoms with E-state index in [2.05, 4.69) is 5.32 Å². The van der Waals surface area contributed by atoms with Crippen molar-refractivity contribution in [2.24, 2.45) is 0 Å². The first-order valence-corrected chi connectivity index (χ1v) is 13.5. The Kier molecular flexibility index (Phi) is 7.95. The molecule has 178 valence electrons. The molecule has 2 heterocycles. The average Bonchev–Trinajstić information content (AvgIpc) is 3.49. The van der Waals surface area contributed by atoms with Crippen LogP contribution < -0.4 is 10.2 Å². The number of carbonyl (C=O) groups excluding carboxylic acids is 3. The SMILES string of the molecule is CC(=O)c1ccc(N(C(=O)Cc2cccs2)[C@@H](C(=O)NC2CCCCC2)c2sccc2C)cc1. The summed E-state index contributed by atoms with van der Waals surface area (Å²) in [5.41, 5.74) is 2.18. The third-order valence-electron chi connectivity index (χ3n) is 6.33. The Morgan fingerprint density at radius 3 is 2.32 bits per heavy atom. The Morgan fingerprint density at radius 2 is 1.74 bits per heavy atom. The highest BCUT2D eigenvalue weighted by molar-refractivity contribution is 7.10. The van der Waals surface area contributed by atoms with E-state index in [0.29, 0.717) is 11.3 Å². The van der Waals surface area contributed by atoms with Crippen LogP contribution in [0.2, 0.25) is 0 Å². The number of rotatable bonds is 8. The molecule has 34 heavy (non-hydrogen) atoms. The first-order chi connectivity index (χ1) is 16.4. The zero-order valence-corrected chi connectivity index (χ0v) is 21.2. The van der Waals surface area contributed by atoms with E-state index in [9.17, 15) is 14.4 Å². The summed E-state index contributed by atoms with van der Waals surface area (Å²) in [7, 11) is 0. The fourth-order valence-corrected chi connectivity index (χ4v) is 6.20. The summed E-state index contributed by atoms with van der Waals surface area (Å²) in [5, 5.41) is 7.16. The summed E-state index contributed by atoms with van der Waals surface area (Å²) in [5.74, 6) is -0.328. The number of carbonyl (C=O) groups is 3. The molecule has 1 fully saturated rings. The molecule has 0 bridgehead atoms. The quantitative estimate of drug-likeness (QED) is 0.386. The van der Waals surface area contributed by atoms with Gasteiger partial charge in [-0.25, -0.2) is 0 Å². The molecule has 0 unspecified atom stereocenters. The van der Waals surface area contributed by atoms with Crippen LogP contribution in [0.3, 0.4) is 0 Å². The van der Waals surface area contributed by atoms with E-state index in [1.54, 1.807) is 29.2 Å². The zero-order valence-electron chi connectivity index (χ0n) is 19.6. The number of ketones is 1. The van der Waals surface area contributed by atoms with E-state index >= 15 is 0 Å². The van der Waals surface area contributed by atoms with Gasteiger partial charge in [0, 0.05) is 27.0 Å². The Balaban J connectivity index is 1.74. The fraction of sp³-hybridized carbons (Fsp3) is 0.370. The van der Waals surface area contributed by atoms with E-state index in [-0.39, 0.29) is 30.1 Å². The predicted octanol–water partition coefficient (Wildman–Crippen LogP) is 6.09. The van der Waals surface area contributed by atoms with Crippen LogP contribution in [0.1, 0.15) is 70.7 Å². The molecule has 2 aromatic heterocycles. The molecular weight excluding hydrogens is 464 g/mol. The van der Waals surface area contributed by atoms with E-state index in [1.165, 1.54) is 36.0 Å². The van der Waals surface area contributed by atoms with Gasteiger partial charge in [0.05, 0.1) is 6.42 Å². The molecule has 0 saturated heterocycles. The van der Waals surface area contributed by atoms with Gasteiger partial charge in [0.25, 0.3) is 0 Å². The van der Waals surface area contributed by atoms with Crippen LogP contribution in [0, 0.1) is 6.92 Å². The van der Waals surface area contributed by atoms with Crippen molar-refractivity contribution in [3.8, 4) is 0 Å². The van der Waals surface area contributed by atoms with Crippen molar-refractivity contribution in [3.63, 3.8) is 0 Å². The number of thiophene rings is 2. The minimum Gasteiger partial charge on any atom is -0.351 e. The molecule has 3 aromatic rings. The van der Waals surface area contributed by atoms with E-state index in [1.807, 2.05) is 35.9 Å². The molecule has 1 N–H and O–H groups in total. The lowest BCUT2D eigenvalue weighted by atomic mass is 9.95. The van der Waals surface area contributed by atoms with Gasteiger partial charge in [0.15, 0.2) is 5.78 Å². The number of hydrogen-bond acceptors (Lipinski definition) is 5. The van der Waals surface area contributed by atoms with Crippen molar-refractivity contribution in [2.45, 2.75) is 64.5 Å². The van der Waals surface area contributed by atoms with Crippen molar-refractivity contribution < 1.29 is 14.4 Å². The largest absolute Gasteiger partial charge is 0.351 e. The van der Waals surface area contributed by atoms with Crippen LogP contribution in [0.5, 0.6) is 0 Å². The smallest absolute Gasteiger partial charge is 0.248 e. The maximum Gasteiger partial charge on any atom is 0.248 e. The molecule has 2 amide bonds. The molecule has 0 spiro atoms. The van der Waals surface area contributed by atoms with Crippen LogP contribution in [-0.4, -0.2) is 23.6 Å². The summed E-state index contributed by atoms with van der Waals surface area (Å²) in [4.78, 5) is 42.8. The van der Waals surface area contributed by atoms with Gasteiger partial charge in [-0.2, -0.15) is 0 Å². The van der Waals surface area contributed by atoms with Gasteiger partial charge in [-0.15, -0.1) is 22.7 Å². The predicted molar refractivity (Wildman–Crippen MR) is 139 cm³/mol. The van der Waals surface area contributed by atoms with E-state index in [4.69, 9.17) is 0 Å². The second kappa shape index (κ2) is 11.1. The van der Waals surface area contributed by atoms with Gasteiger partial charge in [0.1, 0.15) is 6.04 Å². The van der Waals surface area contributed by atoms with Crippen LogP contribution in [0.4, 0.5) is 5.69 Å². The van der Waals surface area contributed by atoms with Crippen molar-refractivity contribution in [1.29, 1.82) is 0 Å². The van der Waals surface area contributed by atoms with Crippen LogP contribution in [0.15, 0.2) is 53.2 Å². The highest BCUT2D eigenvalue weighted by atomic mass is 32.1. The second-order valence-electron chi connectivity index (χ2n) is 8.84. The topological polar surface area (TPSA) is 66.5 Å². The van der Waals surface area contributed by atoms with Crippen LogP contribution in [-0.2, 0) is 16.0 Å². The number of benzene rings is 1. The third kappa shape index (κ3) is 5.65. The molecule has 1 atom stereocenters. The molecule has 5 nitrogen and oxygen atoms in total. The standard InChI is InChI=1S/C27H30N2O3S2/c1-18-14-16-34-26(18)25(27(32)28-21-7-4-3-5-8-21)29(24(31)17-23-9-6-15-33-23)22-12-10-20(11-13-22)19(2)30/h6,9-16,21,25H,3-5,7-8,17H2,1-2H3,(H,28,32)/t25-/m1/s1. The molecule has 1 saturated carbocycles. The van der Waals surface area contributed by atoms with Gasteiger partial charge in [-0.1, -0.05) is 25.3 Å². The maximum atomic E-state index is 13.8. The number of hydrogen-bond donors (Lipinski definition) is 1. The monoisotopic (exact) mass is 494 g/mol. The minimum absolute atomic E-state index is 0.0382. The molecule has 0 aliphatic heterocycles. The van der Waals surface area contributed by atoms with Crippen LogP contribution >= 0.6 is 22.7 Å². The fourth-order valence-electron chi connectivity index (χ4n) is 4.49. The number of Topliss-reactive ketones (excluding diaryl/α,β-unsaturated/α-hetero) is 1. The van der Waals surface area contributed by atoms with Crippen LogP contribution in [0.25, 0.3) is 0 Å². The maximum absolute atomic E-state index is 13.8. The summed E-state index contributed by atoms with van der Waals surface area (Å²) in [6.45, 7) is 3.50. The number of nitrogens with zero attached hydrogens (tertiary/aromatic N) is 1. The van der Waals surface area contributed by atoms with Crippen molar-refractivity contribution in [2.75, 3.05) is 4.90 Å². The Hall–Kier alpha value is -2.77. The summed E-state index contributed by atoms with van der Waals surface area (Å²) < 4.78 is 0. The third-order valence-corrected chi connectivity index (χ3v) is 8.28. The zero-order chi connectivity index (χ0) is 24.1. The Bertz CT molecular complexity index is 1130. The molecule has 1 aliphatic rings. The summed E-state index contributed by atoms with van der Waals surface area (Å²) in [6, 6.07) is 12.2. The van der Waals surface area contributed by atoms with Gasteiger partial charge in [0.2, 0.25) is 11.8 Å². The number of amides is 2. The van der Waals surface area contributed by atoms with Gasteiger partial charge < -0.3 is 5.32 Å². The van der Waals surface area contributed by atoms with Gasteiger partial charge >= 0.3 is 0 Å². The molecule has 7 heteroatoms. The minimum atomic E-state index is -0.766. The van der Waals surface area contributed by atoms with Gasteiger partial charge in [-0.3, -0.25) is 19.3 Å². The Labute approximate surface area is 208 Å². The summed E-state index contributed by atoms with van der Waals surface area (Å²) >= 11 is 3.03. The number of aryl methyl sites for hydroxylation is 1.